The number of amides is 1. The molecule has 0 spiro atoms. The van der Waals surface area contributed by atoms with Crippen molar-refractivity contribution in [1.82, 2.24) is 24.8 Å². The second-order valence-electron chi connectivity index (χ2n) is 6.44. The number of imidazole rings is 1. The third-order valence-electron chi connectivity index (χ3n) is 4.58. The maximum absolute atomic E-state index is 12.5. The van der Waals surface area contributed by atoms with Gasteiger partial charge in [0.15, 0.2) is 5.65 Å². The van der Waals surface area contributed by atoms with Crippen LogP contribution in [0.25, 0.3) is 11.2 Å². The molecule has 0 aliphatic carbocycles. The molecule has 2 N–H and O–H groups in total. The van der Waals surface area contributed by atoms with Gasteiger partial charge in [-0.3, -0.25) is 4.79 Å². The summed E-state index contributed by atoms with van der Waals surface area (Å²) in [5.41, 5.74) is 2.60. The number of benzene rings is 1. The molecule has 7 nitrogen and oxygen atoms in total. The molecule has 0 saturated carbocycles. The standard InChI is InChI=1S/C19H23N5O2S/c1-13(3-4-14-5-7-15(25)8-6-14)24(2)16(26)9-10-27-19-17-18(21-11-20-17)22-12-23-19/h5-8,11-13,25H,3-4,9-10H2,1-2H3,(H,20,21,22,23). The Balaban J connectivity index is 1.45. The van der Waals surface area contributed by atoms with Crippen LogP contribution >= 0.6 is 11.8 Å². The van der Waals surface area contributed by atoms with E-state index in [9.17, 15) is 9.90 Å². The van der Waals surface area contributed by atoms with Gasteiger partial charge in [-0.05, 0) is 37.5 Å². The highest BCUT2D eigenvalue weighted by atomic mass is 32.2. The Morgan fingerprint density at radius 3 is 2.81 bits per heavy atom. The number of nitrogens with zero attached hydrogens (tertiary/aromatic N) is 4. The van der Waals surface area contributed by atoms with Crippen LogP contribution in [0.15, 0.2) is 41.9 Å². The summed E-state index contributed by atoms with van der Waals surface area (Å²) >= 11 is 1.53. The summed E-state index contributed by atoms with van der Waals surface area (Å²) in [6.07, 6.45) is 5.28. The number of carbonyl (C=O) groups excluding carboxylic acids is 1. The maximum atomic E-state index is 12.5. The Labute approximate surface area is 162 Å². The monoisotopic (exact) mass is 385 g/mol. The van der Waals surface area contributed by atoms with Crippen molar-refractivity contribution < 1.29 is 9.90 Å². The van der Waals surface area contributed by atoms with Crippen molar-refractivity contribution in [3.8, 4) is 5.75 Å². The van der Waals surface area contributed by atoms with Crippen LogP contribution in [0.4, 0.5) is 0 Å². The highest BCUT2D eigenvalue weighted by Gasteiger charge is 2.16. The zero-order chi connectivity index (χ0) is 19.2. The van der Waals surface area contributed by atoms with Crippen molar-refractivity contribution in [1.29, 1.82) is 0 Å². The molecule has 8 heteroatoms. The lowest BCUT2D eigenvalue weighted by atomic mass is 10.1. The van der Waals surface area contributed by atoms with Crippen molar-refractivity contribution in [2.75, 3.05) is 12.8 Å². The molecular formula is C19H23N5O2S. The first-order chi connectivity index (χ1) is 13.0. The number of H-pyrrole nitrogens is 1. The van der Waals surface area contributed by atoms with E-state index in [0.29, 0.717) is 17.8 Å². The van der Waals surface area contributed by atoms with Crippen LogP contribution in [-0.4, -0.2) is 54.7 Å². The fourth-order valence-corrected chi connectivity index (χ4v) is 3.63. The molecule has 3 rings (SSSR count). The number of hydrogen-bond acceptors (Lipinski definition) is 6. The third-order valence-corrected chi connectivity index (χ3v) is 5.58. The summed E-state index contributed by atoms with van der Waals surface area (Å²) in [7, 11) is 1.85. The topological polar surface area (TPSA) is 95.0 Å². The number of rotatable bonds is 8. The number of phenolic OH excluding ortho intramolecular Hbond substituents is 1. The van der Waals surface area contributed by atoms with Crippen molar-refractivity contribution in [2.24, 2.45) is 0 Å². The minimum absolute atomic E-state index is 0.121. The molecule has 27 heavy (non-hydrogen) atoms. The third kappa shape index (κ3) is 4.97. The minimum Gasteiger partial charge on any atom is -0.508 e. The number of carbonyl (C=O) groups is 1. The van der Waals surface area contributed by atoms with Crippen LogP contribution in [-0.2, 0) is 11.2 Å². The quantitative estimate of drug-likeness (QED) is 0.457. The van der Waals surface area contributed by atoms with Gasteiger partial charge in [0.2, 0.25) is 5.91 Å². The maximum Gasteiger partial charge on any atom is 0.223 e. The van der Waals surface area contributed by atoms with Gasteiger partial charge in [-0.2, -0.15) is 0 Å². The number of thioether (sulfide) groups is 1. The Kier molecular flexibility index (Phi) is 6.28. The van der Waals surface area contributed by atoms with E-state index in [-0.39, 0.29) is 17.7 Å². The first-order valence-corrected chi connectivity index (χ1v) is 9.83. The zero-order valence-corrected chi connectivity index (χ0v) is 16.2. The van der Waals surface area contributed by atoms with E-state index in [1.807, 2.05) is 24.1 Å². The molecule has 0 aliphatic heterocycles. The van der Waals surface area contributed by atoms with Gasteiger partial charge in [0.25, 0.3) is 0 Å². The molecule has 1 amide bonds. The van der Waals surface area contributed by atoms with Crippen LogP contribution < -0.4 is 0 Å². The summed E-state index contributed by atoms with van der Waals surface area (Å²) < 4.78 is 0. The Bertz CT molecular complexity index is 897. The summed E-state index contributed by atoms with van der Waals surface area (Å²) in [4.78, 5) is 29.8. The SMILES string of the molecule is CC(CCc1ccc(O)cc1)N(C)C(=O)CCSc1ncnc2nc[nH]c12. The number of aromatic nitrogens is 4. The molecule has 1 atom stereocenters. The molecule has 0 saturated heterocycles. The Hall–Kier alpha value is -2.61. The normalized spacial score (nSPS) is 12.2. The van der Waals surface area contributed by atoms with Gasteiger partial charge in [0, 0.05) is 25.3 Å². The largest absolute Gasteiger partial charge is 0.508 e. The van der Waals surface area contributed by atoms with Crippen molar-refractivity contribution in [2.45, 2.75) is 37.3 Å². The van der Waals surface area contributed by atoms with E-state index in [0.717, 1.165) is 28.9 Å². The second-order valence-corrected chi connectivity index (χ2v) is 7.52. The average Bonchev–Trinajstić information content (AvgIpc) is 3.16. The van der Waals surface area contributed by atoms with Gasteiger partial charge >= 0.3 is 0 Å². The zero-order valence-electron chi connectivity index (χ0n) is 15.4. The summed E-state index contributed by atoms with van der Waals surface area (Å²) in [5.74, 6) is 1.04. The summed E-state index contributed by atoms with van der Waals surface area (Å²) in [6, 6.07) is 7.36. The van der Waals surface area contributed by atoms with Crippen LogP contribution in [0.3, 0.4) is 0 Å². The van der Waals surface area contributed by atoms with Gasteiger partial charge in [0.1, 0.15) is 22.6 Å². The highest BCUT2D eigenvalue weighted by Crippen LogP contribution is 2.22. The molecule has 0 radical (unpaired) electrons. The highest BCUT2D eigenvalue weighted by molar-refractivity contribution is 7.99. The Morgan fingerprint density at radius 1 is 1.26 bits per heavy atom. The molecule has 0 bridgehead atoms. The first-order valence-electron chi connectivity index (χ1n) is 8.85. The van der Waals surface area contributed by atoms with E-state index in [2.05, 4.69) is 26.9 Å². The number of nitrogens with one attached hydrogen (secondary N) is 1. The molecule has 2 heterocycles. The predicted octanol–water partition coefficient (Wildman–Crippen LogP) is 3.02. The van der Waals surface area contributed by atoms with Gasteiger partial charge in [-0.15, -0.1) is 11.8 Å². The van der Waals surface area contributed by atoms with E-state index in [4.69, 9.17) is 0 Å². The lowest BCUT2D eigenvalue weighted by Gasteiger charge is -2.25. The molecule has 3 aromatic rings. The molecule has 142 valence electrons. The lowest BCUT2D eigenvalue weighted by molar-refractivity contribution is -0.131. The fourth-order valence-electron chi connectivity index (χ4n) is 2.74. The second kappa shape index (κ2) is 8.85. The van der Waals surface area contributed by atoms with Gasteiger partial charge < -0.3 is 15.0 Å². The van der Waals surface area contributed by atoms with E-state index < -0.39 is 0 Å². The number of aromatic amines is 1. The number of phenols is 1. The van der Waals surface area contributed by atoms with E-state index >= 15 is 0 Å². The van der Waals surface area contributed by atoms with Crippen molar-refractivity contribution >= 4 is 28.8 Å². The van der Waals surface area contributed by atoms with Gasteiger partial charge in [0.05, 0.1) is 6.33 Å². The van der Waals surface area contributed by atoms with Crippen LogP contribution in [0.1, 0.15) is 25.3 Å². The number of aryl methyl sites for hydroxylation is 1. The van der Waals surface area contributed by atoms with E-state index in [1.54, 1.807) is 18.5 Å². The molecule has 2 aromatic heterocycles. The Morgan fingerprint density at radius 2 is 2.04 bits per heavy atom. The molecule has 1 unspecified atom stereocenters. The smallest absolute Gasteiger partial charge is 0.223 e. The van der Waals surface area contributed by atoms with Crippen molar-refractivity contribution in [3.63, 3.8) is 0 Å². The average molecular weight is 385 g/mol. The lowest BCUT2D eigenvalue weighted by Crippen LogP contribution is -2.35. The summed E-state index contributed by atoms with van der Waals surface area (Å²) in [5, 5.41) is 10.2. The minimum atomic E-state index is 0.121. The molecule has 0 aliphatic rings. The first kappa shape index (κ1) is 19.2. The van der Waals surface area contributed by atoms with Crippen molar-refractivity contribution in [3.05, 3.63) is 42.5 Å². The van der Waals surface area contributed by atoms with E-state index in [1.165, 1.54) is 18.1 Å². The number of fused-ring (bicyclic) bond motifs is 1. The summed E-state index contributed by atoms with van der Waals surface area (Å²) in [6.45, 7) is 2.06. The van der Waals surface area contributed by atoms with Crippen LogP contribution in [0, 0.1) is 0 Å². The molecular weight excluding hydrogens is 362 g/mol. The van der Waals surface area contributed by atoms with Crippen LogP contribution in [0.2, 0.25) is 0 Å². The number of aromatic hydroxyl groups is 1. The molecule has 0 fully saturated rings. The number of hydrogen-bond donors (Lipinski definition) is 2. The van der Waals surface area contributed by atoms with Gasteiger partial charge in [-0.25, -0.2) is 15.0 Å². The molecule has 1 aromatic carbocycles. The predicted molar refractivity (Wildman–Crippen MR) is 106 cm³/mol. The van der Waals surface area contributed by atoms with Crippen LogP contribution in [0.5, 0.6) is 5.75 Å². The van der Waals surface area contributed by atoms with Gasteiger partial charge in [-0.1, -0.05) is 12.1 Å². The fraction of sp³-hybridized carbons (Fsp3) is 0.368.